The van der Waals surface area contributed by atoms with Gasteiger partial charge in [0.2, 0.25) is 0 Å². The lowest BCUT2D eigenvalue weighted by Gasteiger charge is -2.11. The number of hydrogen-bond acceptors (Lipinski definition) is 5. The Kier molecular flexibility index (Phi) is 4.06. The average molecular weight is 404 g/mol. The molecule has 0 radical (unpaired) electrons. The molecule has 6 nitrogen and oxygen atoms in total. The van der Waals surface area contributed by atoms with Gasteiger partial charge in [-0.05, 0) is 54.6 Å². The van der Waals surface area contributed by atoms with Crippen LogP contribution in [-0.4, -0.2) is 22.4 Å². The molecule has 2 heterocycles. The van der Waals surface area contributed by atoms with E-state index in [1.807, 2.05) is 0 Å². The number of oxime groups is 1. The Balaban J connectivity index is 1.76. The minimum atomic E-state index is -0.457. The molecule has 0 saturated carbocycles. The summed E-state index contributed by atoms with van der Waals surface area (Å²) in [4.78, 5) is 22.9. The molecule has 1 N–H and O–H groups in total. The quantitative estimate of drug-likeness (QED) is 0.460. The number of rotatable bonds is 3. The Hall–Kier alpha value is -4.07. The zero-order valence-corrected chi connectivity index (χ0v) is 15.7. The van der Waals surface area contributed by atoms with Crippen LogP contribution in [0.3, 0.4) is 0 Å². The van der Waals surface area contributed by atoms with Gasteiger partial charge in [0.1, 0.15) is 24.3 Å². The van der Waals surface area contributed by atoms with Crippen LogP contribution in [0.1, 0.15) is 11.4 Å². The van der Waals surface area contributed by atoms with Crippen LogP contribution in [0, 0.1) is 11.6 Å². The minimum absolute atomic E-state index is 0.253. The number of anilines is 2. The van der Waals surface area contributed by atoms with Crippen LogP contribution >= 0.6 is 0 Å². The number of hydrogen-bond donors (Lipinski definition) is 1. The zero-order chi connectivity index (χ0) is 20.8. The largest absolute Gasteiger partial charge is 0.399 e. The highest BCUT2D eigenvalue weighted by Crippen LogP contribution is 2.30. The summed E-state index contributed by atoms with van der Waals surface area (Å²) in [7, 11) is 1.37. The SMILES string of the molecule is CO/N=C1/c2cc(F)ccc2-n2c1nc1c(Nc3ccc(F)cc3)cccc1c2=O. The topological polar surface area (TPSA) is 68.5 Å². The molecule has 1 aliphatic heterocycles. The van der Waals surface area contributed by atoms with E-state index in [2.05, 4.69) is 15.5 Å². The Morgan fingerprint density at radius 3 is 2.57 bits per heavy atom. The van der Waals surface area contributed by atoms with Gasteiger partial charge in [0.25, 0.3) is 5.56 Å². The lowest BCUT2D eigenvalue weighted by molar-refractivity contribution is 0.214. The fourth-order valence-electron chi connectivity index (χ4n) is 3.58. The van der Waals surface area contributed by atoms with Gasteiger partial charge in [0.15, 0.2) is 11.5 Å². The van der Waals surface area contributed by atoms with Crippen molar-refractivity contribution in [2.24, 2.45) is 5.16 Å². The van der Waals surface area contributed by atoms with Gasteiger partial charge >= 0.3 is 0 Å². The fraction of sp³-hybridized carbons (Fsp3) is 0.0455. The Labute approximate surface area is 169 Å². The van der Waals surface area contributed by atoms with Crippen LogP contribution < -0.4 is 10.9 Å². The first-order valence-corrected chi connectivity index (χ1v) is 9.07. The molecule has 4 aromatic rings. The number of benzene rings is 3. The van der Waals surface area contributed by atoms with Crippen LogP contribution in [0.25, 0.3) is 16.6 Å². The van der Waals surface area contributed by atoms with Crippen LogP contribution in [0.15, 0.2) is 70.6 Å². The Morgan fingerprint density at radius 2 is 1.80 bits per heavy atom. The lowest BCUT2D eigenvalue weighted by atomic mass is 10.1. The maximum atomic E-state index is 13.9. The Bertz CT molecular complexity index is 1400. The van der Waals surface area contributed by atoms with Gasteiger partial charge in [-0.2, -0.15) is 0 Å². The van der Waals surface area contributed by atoms with Gasteiger partial charge in [-0.15, -0.1) is 0 Å². The third-order valence-electron chi connectivity index (χ3n) is 4.87. The molecule has 5 rings (SSSR count). The molecule has 0 fully saturated rings. The number of aromatic nitrogens is 2. The van der Waals surface area contributed by atoms with Crippen LogP contribution in [0.2, 0.25) is 0 Å². The van der Waals surface area contributed by atoms with E-state index in [0.717, 1.165) is 0 Å². The summed E-state index contributed by atoms with van der Waals surface area (Å²) >= 11 is 0. The lowest BCUT2D eigenvalue weighted by Crippen LogP contribution is -2.22. The number of nitrogens with one attached hydrogen (secondary N) is 1. The second-order valence-corrected chi connectivity index (χ2v) is 6.69. The summed E-state index contributed by atoms with van der Waals surface area (Å²) in [6.07, 6.45) is 0. The maximum Gasteiger partial charge on any atom is 0.266 e. The third-order valence-corrected chi connectivity index (χ3v) is 4.87. The summed E-state index contributed by atoms with van der Waals surface area (Å²) in [6, 6.07) is 15.1. The van der Waals surface area contributed by atoms with Gasteiger partial charge in [-0.1, -0.05) is 11.2 Å². The monoisotopic (exact) mass is 404 g/mol. The molecule has 0 saturated heterocycles. The molecular weight excluding hydrogens is 390 g/mol. The molecular formula is C22H14F2N4O2. The van der Waals surface area contributed by atoms with Gasteiger partial charge < -0.3 is 10.2 Å². The Morgan fingerprint density at radius 1 is 1.03 bits per heavy atom. The molecule has 30 heavy (non-hydrogen) atoms. The van der Waals surface area contributed by atoms with Crippen molar-refractivity contribution in [3.63, 3.8) is 0 Å². The van der Waals surface area contributed by atoms with Gasteiger partial charge in [-0.25, -0.2) is 13.8 Å². The molecule has 1 aromatic heterocycles. The molecule has 0 amide bonds. The molecule has 0 aliphatic carbocycles. The normalized spacial score (nSPS) is 13.4. The molecule has 0 unspecified atom stereocenters. The van der Waals surface area contributed by atoms with Crippen molar-refractivity contribution in [1.82, 2.24) is 9.55 Å². The zero-order valence-electron chi connectivity index (χ0n) is 15.7. The van der Waals surface area contributed by atoms with E-state index in [1.54, 1.807) is 30.3 Å². The number of halogens is 2. The molecule has 0 spiro atoms. The molecule has 1 aliphatic rings. The van der Waals surface area contributed by atoms with E-state index in [4.69, 9.17) is 4.84 Å². The first-order chi connectivity index (χ1) is 14.6. The number of nitrogens with zero attached hydrogens (tertiary/aromatic N) is 3. The van der Waals surface area contributed by atoms with Crippen LogP contribution in [0.4, 0.5) is 20.2 Å². The van der Waals surface area contributed by atoms with E-state index in [-0.39, 0.29) is 22.9 Å². The van der Waals surface area contributed by atoms with Crippen molar-refractivity contribution in [3.8, 4) is 5.69 Å². The van der Waals surface area contributed by atoms with Crippen LogP contribution in [0.5, 0.6) is 0 Å². The predicted molar refractivity (Wildman–Crippen MR) is 110 cm³/mol. The van der Waals surface area contributed by atoms with Crippen molar-refractivity contribution in [2.45, 2.75) is 0 Å². The first-order valence-electron chi connectivity index (χ1n) is 9.07. The number of fused-ring (bicyclic) bond motifs is 4. The van der Waals surface area contributed by atoms with E-state index in [0.29, 0.717) is 33.5 Å². The van der Waals surface area contributed by atoms with Gasteiger partial charge in [0, 0.05) is 11.3 Å². The fourth-order valence-corrected chi connectivity index (χ4v) is 3.58. The second-order valence-electron chi connectivity index (χ2n) is 6.69. The van der Waals surface area contributed by atoms with Crippen molar-refractivity contribution < 1.29 is 13.6 Å². The average Bonchev–Trinajstić information content (AvgIpc) is 3.04. The predicted octanol–water partition coefficient (Wildman–Crippen LogP) is 4.12. The molecule has 148 valence electrons. The highest BCUT2D eigenvalue weighted by molar-refractivity contribution is 6.16. The summed E-state index contributed by atoms with van der Waals surface area (Å²) < 4.78 is 28.5. The maximum absolute atomic E-state index is 13.9. The van der Waals surface area contributed by atoms with E-state index in [9.17, 15) is 13.6 Å². The highest BCUT2D eigenvalue weighted by Gasteiger charge is 2.30. The van der Waals surface area contributed by atoms with Crippen molar-refractivity contribution in [3.05, 3.63) is 94.0 Å². The highest BCUT2D eigenvalue weighted by atomic mass is 19.1. The van der Waals surface area contributed by atoms with Gasteiger partial charge in [-0.3, -0.25) is 9.36 Å². The van der Waals surface area contributed by atoms with E-state index < -0.39 is 5.82 Å². The standard InChI is InChI=1S/C22H14F2N4O2/c1-30-27-20-16-11-13(24)7-10-18(16)28-21(20)26-19-15(22(28)29)3-2-4-17(19)25-14-8-5-12(23)6-9-14/h2-11,25H,1H3/b27-20-. The first kappa shape index (κ1) is 18.0. The van der Waals surface area contributed by atoms with Crippen molar-refractivity contribution in [1.29, 1.82) is 0 Å². The summed E-state index contributed by atoms with van der Waals surface area (Å²) in [5.74, 6) is -0.553. The summed E-state index contributed by atoms with van der Waals surface area (Å²) in [5, 5.41) is 7.52. The minimum Gasteiger partial charge on any atom is -0.399 e. The van der Waals surface area contributed by atoms with Crippen molar-refractivity contribution >= 4 is 28.0 Å². The van der Waals surface area contributed by atoms with E-state index in [1.165, 1.54) is 42.0 Å². The smallest absolute Gasteiger partial charge is 0.266 e. The van der Waals surface area contributed by atoms with Crippen molar-refractivity contribution in [2.75, 3.05) is 12.4 Å². The third kappa shape index (κ3) is 2.73. The molecule has 8 heteroatoms. The molecule has 3 aromatic carbocycles. The number of para-hydroxylation sites is 1. The molecule has 0 atom stereocenters. The summed E-state index contributed by atoms with van der Waals surface area (Å²) in [6.45, 7) is 0. The van der Waals surface area contributed by atoms with E-state index >= 15 is 0 Å². The summed E-state index contributed by atoms with van der Waals surface area (Å²) in [5.41, 5.74) is 2.48. The second kappa shape index (κ2) is 6.77. The van der Waals surface area contributed by atoms with Crippen LogP contribution in [-0.2, 0) is 4.84 Å². The van der Waals surface area contributed by atoms with Gasteiger partial charge in [0.05, 0.1) is 16.8 Å². The molecule has 0 bridgehead atoms.